The molecule has 2 heterocycles. The first-order chi connectivity index (χ1) is 16.0. The smallest absolute Gasteiger partial charge is 0.248 e. The van der Waals surface area contributed by atoms with Gasteiger partial charge >= 0.3 is 0 Å². The van der Waals surface area contributed by atoms with Crippen LogP contribution >= 0.6 is 23.2 Å². The Kier molecular flexibility index (Phi) is 5.73. The van der Waals surface area contributed by atoms with E-state index >= 15 is 0 Å². The molecule has 1 amide bonds. The molecule has 0 unspecified atom stereocenters. The molecule has 5 rings (SSSR count). The van der Waals surface area contributed by atoms with Crippen molar-refractivity contribution in [1.82, 2.24) is 4.98 Å². The summed E-state index contributed by atoms with van der Waals surface area (Å²) < 4.78 is 11.6. The van der Waals surface area contributed by atoms with Crippen LogP contribution in [0, 0.1) is 0 Å². The van der Waals surface area contributed by atoms with Crippen molar-refractivity contribution < 1.29 is 13.6 Å². The molecule has 0 saturated carbocycles. The van der Waals surface area contributed by atoms with E-state index in [9.17, 15) is 4.79 Å². The minimum Gasteiger partial charge on any atom is -0.457 e. The Balaban J connectivity index is 1.28. The Bertz CT molecular complexity index is 1450. The summed E-state index contributed by atoms with van der Waals surface area (Å²) in [5.74, 6) is 1.32. The number of fused-ring (bicyclic) bond motifs is 1. The lowest BCUT2D eigenvalue weighted by molar-refractivity contribution is -0.111. The van der Waals surface area contributed by atoms with Crippen molar-refractivity contribution >= 4 is 52.0 Å². The van der Waals surface area contributed by atoms with Gasteiger partial charge in [-0.25, -0.2) is 4.98 Å². The Hall–Kier alpha value is -3.80. The van der Waals surface area contributed by atoms with Crippen LogP contribution in [0.3, 0.4) is 0 Å². The molecule has 1 N–H and O–H groups in total. The number of para-hydroxylation sites is 2. The van der Waals surface area contributed by atoms with E-state index in [0.29, 0.717) is 38.7 Å². The third-order valence-corrected chi connectivity index (χ3v) is 5.28. The molecule has 0 bridgehead atoms. The molecule has 5 aromatic rings. The summed E-state index contributed by atoms with van der Waals surface area (Å²) in [4.78, 5) is 16.9. The fourth-order valence-electron chi connectivity index (χ4n) is 3.36. The topological polar surface area (TPSA) is 68.3 Å². The zero-order valence-corrected chi connectivity index (χ0v) is 18.6. The molecule has 5 nitrogen and oxygen atoms in total. The van der Waals surface area contributed by atoms with Crippen LogP contribution in [-0.4, -0.2) is 10.9 Å². The standard InChI is InChI=1S/C26H16Cl2N2O3/c27-18-12-17(13-19(28)15-18)23-10-8-21(32-23)9-11-25(31)29-20-5-3-4-16(14-20)26-30-22-6-1-2-7-24(22)33-26/h1-15H,(H,29,31)/b11-9+. The van der Waals surface area contributed by atoms with Gasteiger partial charge in [-0.15, -0.1) is 0 Å². The van der Waals surface area contributed by atoms with Gasteiger partial charge in [-0.2, -0.15) is 0 Å². The zero-order valence-electron chi connectivity index (χ0n) is 17.1. The number of furan rings is 1. The number of nitrogens with zero attached hydrogens (tertiary/aromatic N) is 1. The van der Waals surface area contributed by atoms with Crippen LogP contribution in [0.5, 0.6) is 0 Å². The van der Waals surface area contributed by atoms with Crippen molar-refractivity contribution in [2.75, 3.05) is 5.32 Å². The van der Waals surface area contributed by atoms with Crippen LogP contribution in [0.15, 0.2) is 93.8 Å². The maximum absolute atomic E-state index is 12.4. The summed E-state index contributed by atoms with van der Waals surface area (Å²) in [5.41, 5.74) is 3.64. The van der Waals surface area contributed by atoms with E-state index in [2.05, 4.69) is 10.3 Å². The van der Waals surface area contributed by atoms with E-state index in [-0.39, 0.29) is 5.91 Å². The second-order valence-electron chi connectivity index (χ2n) is 7.25. The quantitative estimate of drug-likeness (QED) is 0.264. The van der Waals surface area contributed by atoms with Gasteiger partial charge in [0, 0.05) is 32.9 Å². The molecule has 0 spiro atoms. The van der Waals surface area contributed by atoms with Gasteiger partial charge < -0.3 is 14.2 Å². The van der Waals surface area contributed by atoms with E-state index in [0.717, 1.165) is 16.6 Å². The Labute approximate surface area is 199 Å². The molecule has 0 atom stereocenters. The first-order valence-electron chi connectivity index (χ1n) is 10.0. The SMILES string of the molecule is O=C(/C=C/c1ccc(-c2cc(Cl)cc(Cl)c2)o1)Nc1cccc(-c2nc3ccccc3o2)c1. The van der Waals surface area contributed by atoms with Crippen LogP contribution in [0.2, 0.25) is 10.0 Å². The molecule has 0 aliphatic carbocycles. The predicted molar refractivity (Wildman–Crippen MR) is 131 cm³/mol. The molecule has 0 radical (unpaired) electrons. The van der Waals surface area contributed by atoms with Gasteiger partial charge in [-0.1, -0.05) is 41.4 Å². The van der Waals surface area contributed by atoms with Gasteiger partial charge in [0.1, 0.15) is 17.0 Å². The van der Waals surface area contributed by atoms with Crippen molar-refractivity contribution in [3.05, 3.63) is 101 Å². The first kappa shape index (κ1) is 21.1. The maximum Gasteiger partial charge on any atom is 0.248 e. The largest absolute Gasteiger partial charge is 0.457 e. The van der Waals surface area contributed by atoms with Crippen LogP contribution in [0.1, 0.15) is 5.76 Å². The maximum atomic E-state index is 12.4. The first-order valence-corrected chi connectivity index (χ1v) is 10.8. The summed E-state index contributed by atoms with van der Waals surface area (Å²) in [5, 5.41) is 3.88. The monoisotopic (exact) mass is 474 g/mol. The Morgan fingerprint density at radius 2 is 1.67 bits per heavy atom. The number of benzene rings is 3. The fourth-order valence-corrected chi connectivity index (χ4v) is 3.89. The van der Waals surface area contributed by atoms with Crippen LogP contribution < -0.4 is 5.32 Å². The van der Waals surface area contributed by atoms with Gasteiger partial charge in [-0.3, -0.25) is 4.79 Å². The van der Waals surface area contributed by atoms with Crippen molar-refractivity contribution in [1.29, 1.82) is 0 Å². The lowest BCUT2D eigenvalue weighted by Crippen LogP contribution is -2.07. The molecular weight excluding hydrogens is 459 g/mol. The lowest BCUT2D eigenvalue weighted by Gasteiger charge is -2.03. The third-order valence-electron chi connectivity index (χ3n) is 4.84. The van der Waals surface area contributed by atoms with Crippen molar-refractivity contribution in [2.24, 2.45) is 0 Å². The highest BCUT2D eigenvalue weighted by atomic mass is 35.5. The second-order valence-corrected chi connectivity index (χ2v) is 8.12. The molecule has 0 fully saturated rings. The zero-order chi connectivity index (χ0) is 22.8. The fraction of sp³-hybridized carbons (Fsp3) is 0. The van der Waals surface area contributed by atoms with Crippen molar-refractivity contribution in [3.8, 4) is 22.8 Å². The molecule has 0 aliphatic heterocycles. The third kappa shape index (κ3) is 4.85. The number of carbonyl (C=O) groups excluding carboxylic acids is 1. The number of amides is 1. The minimum absolute atomic E-state index is 0.298. The number of rotatable bonds is 5. The molecule has 3 aromatic carbocycles. The van der Waals surface area contributed by atoms with E-state index in [1.54, 1.807) is 42.5 Å². The van der Waals surface area contributed by atoms with E-state index in [1.807, 2.05) is 42.5 Å². The van der Waals surface area contributed by atoms with E-state index in [1.165, 1.54) is 6.08 Å². The lowest BCUT2D eigenvalue weighted by atomic mass is 10.2. The molecule has 7 heteroatoms. The molecule has 33 heavy (non-hydrogen) atoms. The number of carbonyl (C=O) groups is 1. The predicted octanol–water partition coefficient (Wildman–Crippen LogP) is 7.71. The van der Waals surface area contributed by atoms with Crippen molar-refractivity contribution in [3.63, 3.8) is 0 Å². The number of hydrogen-bond acceptors (Lipinski definition) is 4. The second kappa shape index (κ2) is 8.98. The number of oxazole rings is 1. The number of anilines is 1. The average Bonchev–Trinajstić information content (AvgIpc) is 3.44. The number of nitrogens with one attached hydrogen (secondary N) is 1. The van der Waals surface area contributed by atoms with E-state index < -0.39 is 0 Å². The minimum atomic E-state index is -0.298. The molecular formula is C26H16Cl2N2O3. The summed E-state index contributed by atoms with van der Waals surface area (Å²) in [6.45, 7) is 0. The highest BCUT2D eigenvalue weighted by Crippen LogP contribution is 2.29. The van der Waals surface area contributed by atoms with Gasteiger partial charge in [0.25, 0.3) is 0 Å². The molecule has 162 valence electrons. The Morgan fingerprint density at radius 1 is 0.848 bits per heavy atom. The summed E-state index contributed by atoms with van der Waals surface area (Å²) in [6, 6.07) is 23.6. The number of halogens is 2. The number of hydrogen-bond donors (Lipinski definition) is 1. The van der Waals surface area contributed by atoms with Gasteiger partial charge in [0.05, 0.1) is 0 Å². The summed E-state index contributed by atoms with van der Waals surface area (Å²) >= 11 is 12.1. The molecule has 0 saturated heterocycles. The molecule has 2 aromatic heterocycles. The van der Waals surface area contributed by atoms with Gasteiger partial charge in [0.2, 0.25) is 11.8 Å². The average molecular weight is 475 g/mol. The highest BCUT2D eigenvalue weighted by Gasteiger charge is 2.09. The molecule has 0 aliphatic rings. The van der Waals surface area contributed by atoms with Gasteiger partial charge in [0.15, 0.2) is 5.58 Å². The van der Waals surface area contributed by atoms with Crippen LogP contribution in [0.25, 0.3) is 40.0 Å². The van der Waals surface area contributed by atoms with Gasteiger partial charge in [-0.05, 0) is 66.7 Å². The Morgan fingerprint density at radius 3 is 2.48 bits per heavy atom. The normalized spacial score (nSPS) is 11.3. The highest BCUT2D eigenvalue weighted by molar-refractivity contribution is 6.35. The summed E-state index contributed by atoms with van der Waals surface area (Å²) in [7, 11) is 0. The number of aromatic nitrogens is 1. The van der Waals surface area contributed by atoms with Crippen molar-refractivity contribution in [2.45, 2.75) is 0 Å². The van der Waals surface area contributed by atoms with E-state index in [4.69, 9.17) is 32.0 Å². The van der Waals surface area contributed by atoms with Crippen LogP contribution in [-0.2, 0) is 4.79 Å². The summed E-state index contributed by atoms with van der Waals surface area (Å²) in [6.07, 6.45) is 3.00. The van der Waals surface area contributed by atoms with Crippen LogP contribution in [0.4, 0.5) is 5.69 Å².